The Morgan fingerprint density at radius 1 is 1.20 bits per heavy atom. The van der Waals surface area contributed by atoms with Gasteiger partial charge in [0.2, 0.25) is 0 Å². The maximum Gasteiger partial charge on any atom is 0.263 e. The van der Waals surface area contributed by atoms with Crippen LogP contribution in [0.15, 0.2) is 35.4 Å². The van der Waals surface area contributed by atoms with Crippen LogP contribution in [0.1, 0.15) is 5.69 Å². The Balaban J connectivity index is 2.35. The molecular weight excluding hydrogens is 288 g/mol. The first kappa shape index (κ1) is 14.5. The van der Waals surface area contributed by atoms with Crippen molar-refractivity contribution in [3.05, 3.63) is 47.8 Å². The van der Waals surface area contributed by atoms with Gasteiger partial charge in [0, 0.05) is 31.5 Å². The number of nitrogens with two attached hydrogens (primary N) is 1. The van der Waals surface area contributed by atoms with Crippen LogP contribution < -0.4 is 10.5 Å². The van der Waals surface area contributed by atoms with Gasteiger partial charge in [-0.25, -0.2) is 17.2 Å². The van der Waals surface area contributed by atoms with Crippen molar-refractivity contribution in [1.82, 2.24) is 4.57 Å². The lowest BCUT2D eigenvalue weighted by Gasteiger charge is -2.06. The third-order valence-corrected chi connectivity index (χ3v) is 4.07. The van der Waals surface area contributed by atoms with E-state index in [1.807, 2.05) is 0 Å². The number of sulfonamides is 1. The summed E-state index contributed by atoms with van der Waals surface area (Å²) in [5.41, 5.74) is 5.91. The van der Waals surface area contributed by atoms with E-state index >= 15 is 0 Å². The third-order valence-electron chi connectivity index (χ3n) is 2.72. The first-order valence-corrected chi connectivity index (χ1v) is 7.14. The number of benzene rings is 1. The average Bonchev–Trinajstić information content (AvgIpc) is 2.69. The van der Waals surface area contributed by atoms with Gasteiger partial charge >= 0.3 is 0 Å². The molecule has 1 heterocycles. The van der Waals surface area contributed by atoms with E-state index in [9.17, 15) is 17.2 Å². The predicted molar refractivity (Wildman–Crippen MR) is 70.5 cm³/mol. The topological polar surface area (TPSA) is 77.1 Å². The van der Waals surface area contributed by atoms with E-state index in [0.29, 0.717) is 11.8 Å². The highest BCUT2D eigenvalue weighted by Crippen LogP contribution is 2.19. The van der Waals surface area contributed by atoms with Gasteiger partial charge in [0.05, 0.1) is 5.69 Å². The molecule has 8 heteroatoms. The number of anilines is 1. The van der Waals surface area contributed by atoms with E-state index in [0.717, 1.165) is 12.1 Å². The van der Waals surface area contributed by atoms with Gasteiger partial charge in [0.25, 0.3) is 10.0 Å². The normalized spacial score (nSPS) is 11.6. The van der Waals surface area contributed by atoms with Crippen molar-refractivity contribution in [2.45, 2.75) is 11.4 Å². The molecule has 0 saturated heterocycles. The number of rotatable bonds is 4. The van der Waals surface area contributed by atoms with E-state index in [4.69, 9.17) is 5.73 Å². The van der Waals surface area contributed by atoms with Crippen LogP contribution in [0, 0.1) is 11.6 Å². The molecule has 0 aliphatic carbocycles. The maximum atomic E-state index is 13.0. The first-order valence-electron chi connectivity index (χ1n) is 5.66. The van der Waals surface area contributed by atoms with Gasteiger partial charge in [0.1, 0.15) is 16.5 Å². The molecule has 0 aliphatic rings. The fourth-order valence-corrected chi connectivity index (χ4v) is 2.89. The van der Waals surface area contributed by atoms with Crippen LogP contribution in [0.3, 0.4) is 0 Å². The maximum absolute atomic E-state index is 13.0. The molecule has 0 radical (unpaired) electrons. The van der Waals surface area contributed by atoms with Crippen LogP contribution in [0.5, 0.6) is 0 Å². The average molecular weight is 301 g/mol. The molecule has 1 aromatic carbocycles. The molecule has 0 bridgehead atoms. The molecule has 0 spiro atoms. The SMILES string of the molecule is Cn1cc(S(=O)(=O)Nc2cc(F)cc(F)c2)cc1CN. The molecule has 0 unspecified atom stereocenters. The van der Waals surface area contributed by atoms with E-state index < -0.39 is 21.7 Å². The molecule has 1 aromatic heterocycles. The van der Waals surface area contributed by atoms with Gasteiger partial charge in [-0.3, -0.25) is 4.72 Å². The number of hydrogen-bond acceptors (Lipinski definition) is 3. The van der Waals surface area contributed by atoms with Crippen molar-refractivity contribution >= 4 is 15.7 Å². The number of aryl methyl sites for hydroxylation is 1. The van der Waals surface area contributed by atoms with Crippen molar-refractivity contribution in [3.8, 4) is 0 Å². The fraction of sp³-hybridized carbons (Fsp3) is 0.167. The highest BCUT2D eigenvalue weighted by atomic mass is 32.2. The second kappa shape index (κ2) is 5.22. The summed E-state index contributed by atoms with van der Waals surface area (Å²) in [6.07, 6.45) is 1.38. The Morgan fingerprint density at radius 2 is 1.80 bits per heavy atom. The minimum atomic E-state index is -3.92. The molecule has 108 valence electrons. The number of nitrogens with one attached hydrogen (secondary N) is 1. The summed E-state index contributed by atoms with van der Waals surface area (Å²) in [5, 5.41) is 0. The predicted octanol–water partition coefficient (Wildman–Crippen LogP) is 1.56. The zero-order valence-electron chi connectivity index (χ0n) is 10.6. The Labute approximate surface area is 115 Å². The minimum absolute atomic E-state index is 0.0230. The molecule has 2 rings (SSSR count). The third kappa shape index (κ3) is 2.97. The van der Waals surface area contributed by atoms with Gasteiger partial charge in [-0.15, -0.1) is 0 Å². The van der Waals surface area contributed by atoms with Gasteiger partial charge in [0.15, 0.2) is 0 Å². The lowest BCUT2D eigenvalue weighted by molar-refractivity contribution is 0.584. The Bertz CT molecular complexity index is 721. The van der Waals surface area contributed by atoms with Gasteiger partial charge in [-0.1, -0.05) is 0 Å². The standard InChI is InChI=1S/C12H13F2N3O2S/c1-17-7-12(5-11(17)6-15)20(18,19)16-10-3-8(13)2-9(14)4-10/h2-5,7,16H,6,15H2,1H3. The fourth-order valence-electron chi connectivity index (χ4n) is 1.75. The molecule has 3 N–H and O–H groups in total. The van der Waals surface area contributed by atoms with Crippen molar-refractivity contribution in [2.24, 2.45) is 12.8 Å². The molecule has 0 fully saturated rings. The van der Waals surface area contributed by atoms with Crippen LogP contribution in [-0.2, 0) is 23.6 Å². The lowest BCUT2D eigenvalue weighted by atomic mass is 10.3. The van der Waals surface area contributed by atoms with Crippen LogP contribution in [0.25, 0.3) is 0 Å². The summed E-state index contributed by atoms with van der Waals surface area (Å²) in [6.45, 7) is 0.181. The van der Waals surface area contributed by atoms with E-state index in [-0.39, 0.29) is 17.1 Å². The Hall–Kier alpha value is -1.93. The van der Waals surface area contributed by atoms with E-state index in [1.54, 1.807) is 11.6 Å². The smallest absolute Gasteiger partial charge is 0.263 e. The Morgan fingerprint density at radius 3 is 2.30 bits per heavy atom. The summed E-state index contributed by atoms with van der Waals surface area (Å²) in [7, 11) is -2.26. The van der Waals surface area contributed by atoms with Crippen LogP contribution in [0.2, 0.25) is 0 Å². The highest BCUT2D eigenvalue weighted by Gasteiger charge is 2.18. The summed E-state index contributed by atoms with van der Waals surface area (Å²) >= 11 is 0. The van der Waals surface area contributed by atoms with E-state index in [2.05, 4.69) is 4.72 Å². The summed E-state index contributed by atoms with van der Waals surface area (Å²) in [4.78, 5) is -0.0230. The molecule has 0 saturated carbocycles. The molecule has 0 atom stereocenters. The van der Waals surface area contributed by atoms with Crippen molar-refractivity contribution < 1.29 is 17.2 Å². The van der Waals surface area contributed by atoms with Crippen LogP contribution in [-0.4, -0.2) is 13.0 Å². The number of nitrogens with zero attached hydrogens (tertiary/aromatic N) is 1. The zero-order chi connectivity index (χ0) is 14.9. The van der Waals surface area contributed by atoms with Crippen LogP contribution >= 0.6 is 0 Å². The molecule has 0 aliphatic heterocycles. The number of aromatic nitrogens is 1. The number of hydrogen-bond donors (Lipinski definition) is 2. The van der Waals surface area contributed by atoms with Crippen molar-refractivity contribution in [1.29, 1.82) is 0 Å². The molecule has 20 heavy (non-hydrogen) atoms. The van der Waals surface area contributed by atoms with Gasteiger partial charge in [-0.05, 0) is 18.2 Å². The molecule has 2 aromatic rings. The van der Waals surface area contributed by atoms with Crippen molar-refractivity contribution in [3.63, 3.8) is 0 Å². The Kier molecular flexibility index (Phi) is 3.78. The first-order chi connectivity index (χ1) is 9.31. The van der Waals surface area contributed by atoms with Crippen molar-refractivity contribution in [2.75, 3.05) is 4.72 Å². The zero-order valence-corrected chi connectivity index (χ0v) is 11.4. The summed E-state index contributed by atoms with van der Waals surface area (Å²) < 4.78 is 53.9. The largest absolute Gasteiger partial charge is 0.352 e. The minimum Gasteiger partial charge on any atom is -0.352 e. The van der Waals surface area contributed by atoms with E-state index in [1.165, 1.54) is 12.3 Å². The summed E-state index contributed by atoms with van der Waals surface area (Å²) in [6, 6.07) is 3.85. The second-order valence-electron chi connectivity index (χ2n) is 4.25. The lowest BCUT2D eigenvalue weighted by Crippen LogP contribution is -2.12. The number of halogens is 2. The molecular formula is C12H13F2N3O2S. The molecule has 5 nitrogen and oxygen atoms in total. The van der Waals surface area contributed by atoms with Gasteiger partial charge < -0.3 is 10.3 Å². The van der Waals surface area contributed by atoms with Gasteiger partial charge in [-0.2, -0.15) is 0 Å². The highest BCUT2D eigenvalue weighted by molar-refractivity contribution is 7.92. The van der Waals surface area contributed by atoms with Crippen LogP contribution in [0.4, 0.5) is 14.5 Å². The summed E-state index contributed by atoms with van der Waals surface area (Å²) in [5.74, 6) is -1.73. The monoisotopic (exact) mass is 301 g/mol. The second-order valence-corrected chi connectivity index (χ2v) is 5.93. The molecule has 0 amide bonds. The quantitative estimate of drug-likeness (QED) is 0.899.